The highest BCUT2D eigenvalue weighted by Crippen LogP contribution is 2.28. The van der Waals surface area contributed by atoms with Crippen LogP contribution in [0.2, 0.25) is 0 Å². The van der Waals surface area contributed by atoms with Gasteiger partial charge >= 0.3 is 0 Å². The average molecular weight is 426 g/mol. The topological polar surface area (TPSA) is 54.5 Å². The molecule has 25 heavy (non-hydrogen) atoms. The van der Waals surface area contributed by atoms with E-state index < -0.39 is 15.8 Å². The molecule has 1 heterocycles. The van der Waals surface area contributed by atoms with Gasteiger partial charge in [-0.1, -0.05) is 46.3 Å². The van der Waals surface area contributed by atoms with Crippen molar-refractivity contribution in [2.24, 2.45) is 5.92 Å². The third-order valence-electron chi connectivity index (χ3n) is 4.39. The molecule has 1 aliphatic heterocycles. The maximum Gasteiger partial charge on any atom is 0.246 e. The number of Topliss-reactive ketones (excluding diaryl/α,β-unsaturated/α-hetero) is 1. The average Bonchev–Trinajstić information content (AvgIpc) is 2.64. The van der Waals surface area contributed by atoms with Crippen LogP contribution in [0.4, 0.5) is 4.39 Å². The van der Waals surface area contributed by atoms with Gasteiger partial charge in [-0.15, -0.1) is 0 Å². The van der Waals surface area contributed by atoms with Crippen molar-refractivity contribution >= 4 is 31.7 Å². The SMILES string of the molecule is O=C(c1ccccc1)C1CCN(S(=O)(=O)c2cc(Br)ccc2F)CC1. The fraction of sp³-hybridized carbons (Fsp3) is 0.278. The molecule has 2 aromatic carbocycles. The Morgan fingerprint density at radius 1 is 1.08 bits per heavy atom. The normalized spacial score (nSPS) is 16.7. The van der Waals surface area contributed by atoms with Gasteiger partial charge in [0, 0.05) is 29.0 Å². The van der Waals surface area contributed by atoms with Gasteiger partial charge in [0.15, 0.2) is 5.78 Å². The van der Waals surface area contributed by atoms with Crippen LogP contribution in [-0.2, 0) is 10.0 Å². The third kappa shape index (κ3) is 3.83. The third-order valence-corrected chi connectivity index (χ3v) is 6.80. The minimum Gasteiger partial charge on any atom is -0.294 e. The first-order chi connectivity index (χ1) is 11.9. The highest BCUT2D eigenvalue weighted by Gasteiger charge is 2.33. The van der Waals surface area contributed by atoms with Gasteiger partial charge in [0.2, 0.25) is 10.0 Å². The molecule has 0 amide bonds. The van der Waals surface area contributed by atoms with Crippen molar-refractivity contribution in [2.75, 3.05) is 13.1 Å². The Morgan fingerprint density at radius 2 is 1.72 bits per heavy atom. The molecule has 1 aliphatic rings. The second-order valence-corrected chi connectivity index (χ2v) is 8.81. The van der Waals surface area contributed by atoms with Gasteiger partial charge in [0.25, 0.3) is 0 Å². The Kier molecular flexibility index (Phi) is 5.36. The zero-order chi connectivity index (χ0) is 18.0. The van der Waals surface area contributed by atoms with Gasteiger partial charge in [0.1, 0.15) is 10.7 Å². The predicted molar refractivity (Wildman–Crippen MR) is 96.4 cm³/mol. The number of benzene rings is 2. The van der Waals surface area contributed by atoms with Crippen LogP contribution in [0.1, 0.15) is 23.2 Å². The molecule has 0 saturated carbocycles. The summed E-state index contributed by atoms with van der Waals surface area (Å²) in [6.07, 6.45) is 0.866. The van der Waals surface area contributed by atoms with Crippen molar-refractivity contribution in [3.63, 3.8) is 0 Å². The summed E-state index contributed by atoms with van der Waals surface area (Å²) in [6, 6.07) is 12.8. The van der Waals surface area contributed by atoms with Gasteiger partial charge in [0.05, 0.1) is 0 Å². The molecule has 1 fully saturated rings. The molecule has 0 spiro atoms. The molecule has 132 valence electrons. The van der Waals surface area contributed by atoms with E-state index in [9.17, 15) is 17.6 Å². The number of hydrogen-bond donors (Lipinski definition) is 0. The quantitative estimate of drug-likeness (QED) is 0.698. The van der Waals surface area contributed by atoms with Crippen LogP contribution in [0.15, 0.2) is 57.9 Å². The van der Waals surface area contributed by atoms with Crippen LogP contribution < -0.4 is 0 Å². The van der Waals surface area contributed by atoms with E-state index in [0.29, 0.717) is 22.9 Å². The second-order valence-electron chi connectivity index (χ2n) is 5.98. The van der Waals surface area contributed by atoms with E-state index in [4.69, 9.17) is 0 Å². The Hall–Kier alpha value is -1.57. The van der Waals surface area contributed by atoms with Crippen molar-refractivity contribution < 1.29 is 17.6 Å². The molecule has 0 N–H and O–H groups in total. The number of carbonyl (C=O) groups excluding carboxylic acids is 1. The second kappa shape index (κ2) is 7.35. The monoisotopic (exact) mass is 425 g/mol. The summed E-state index contributed by atoms with van der Waals surface area (Å²) in [6.45, 7) is 0.412. The summed E-state index contributed by atoms with van der Waals surface area (Å²) in [4.78, 5) is 12.2. The number of rotatable bonds is 4. The number of carbonyl (C=O) groups is 1. The fourth-order valence-corrected chi connectivity index (χ4v) is 5.08. The summed E-state index contributed by atoms with van der Waals surface area (Å²) in [5.74, 6) is -0.946. The minimum absolute atomic E-state index is 0.0336. The van der Waals surface area contributed by atoms with Gasteiger partial charge in [-0.2, -0.15) is 4.31 Å². The van der Waals surface area contributed by atoms with Crippen LogP contribution in [0, 0.1) is 11.7 Å². The first kappa shape index (κ1) is 18.2. The first-order valence-corrected chi connectivity index (χ1v) is 10.2. The van der Waals surface area contributed by atoms with E-state index in [1.165, 1.54) is 16.4 Å². The molecular weight excluding hydrogens is 409 g/mol. The highest BCUT2D eigenvalue weighted by atomic mass is 79.9. The summed E-state index contributed by atoms with van der Waals surface area (Å²) in [5, 5.41) is 0. The van der Waals surface area contributed by atoms with Crippen LogP contribution in [0.3, 0.4) is 0 Å². The number of sulfonamides is 1. The molecule has 0 aliphatic carbocycles. The van der Waals surface area contributed by atoms with Gasteiger partial charge < -0.3 is 0 Å². The van der Waals surface area contributed by atoms with Gasteiger partial charge in [-0.05, 0) is 31.0 Å². The molecule has 0 atom stereocenters. The summed E-state index contributed by atoms with van der Waals surface area (Å²) < 4.78 is 41.1. The Labute approximate surface area is 154 Å². The maximum atomic E-state index is 14.0. The van der Waals surface area contributed by atoms with Crippen molar-refractivity contribution in [2.45, 2.75) is 17.7 Å². The Morgan fingerprint density at radius 3 is 2.36 bits per heavy atom. The molecule has 4 nitrogen and oxygen atoms in total. The highest BCUT2D eigenvalue weighted by molar-refractivity contribution is 9.10. The van der Waals surface area contributed by atoms with Crippen LogP contribution >= 0.6 is 15.9 Å². The predicted octanol–water partition coefficient (Wildman–Crippen LogP) is 3.87. The number of ketones is 1. The number of hydrogen-bond acceptors (Lipinski definition) is 3. The molecule has 1 saturated heterocycles. The lowest BCUT2D eigenvalue weighted by molar-refractivity contribution is 0.0875. The summed E-state index contributed by atoms with van der Waals surface area (Å²) in [7, 11) is -3.91. The van der Waals surface area contributed by atoms with Gasteiger partial charge in [-0.25, -0.2) is 12.8 Å². The molecule has 2 aromatic rings. The largest absolute Gasteiger partial charge is 0.294 e. The van der Waals surface area contributed by atoms with Crippen LogP contribution in [-0.4, -0.2) is 31.6 Å². The summed E-state index contributed by atoms with van der Waals surface area (Å²) in [5.41, 5.74) is 0.641. The van der Waals surface area contributed by atoms with E-state index in [0.717, 1.165) is 6.07 Å². The van der Waals surface area contributed by atoms with E-state index in [-0.39, 0.29) is 29.7 Å². The fourth-order valence-electron chi connectivity index (χ4n) is 3.01. The number of nitrogens with zero attached hydrogens (tertiary/aromatic N) is 1. The van der Waals surface area contributed by atoms with Crippen molar-refractivity contribution in [1.29, 1.82) is 0 Å². The number of piperidine rings is 1. The Balaban J connectivity index is 1.73. The van der Waals surface area contributed by atoms with Crippen LogP contribution in [0.5, 0.6) is 0 Å². The van der Waals surface area contributed by atoms with Crippen molar-refractivity contribution in [3.8, 4) is 0 Å². The molecule has 0 radical (unpaired) electrons. The smallest absolute Gasteiger partial charge is 0.246 e. The standard InChI is InChI=1S/C18H17BrFNO3S/c19-15-6-7-16(20)17(12-15)25(23,24)21-10-8-14(9-11-21)18(22)13-4-2-1-3-5-13/h1-7,12,14H,8-11H2. The Bertz CT molecular complexity index is 878. The minimum atomic E-state index is -3.91. The molecule has 0 aromatic heterocycles. The summed E-state index contributed by atoms with van der Waals surface area (Å²) >= 11 is 3.17. The van der Waals surface area contributed by atoms with Crippen LogP contribution in [0.25, 0.3) is 0 Å². The molecular formula is C18H17BrFNO3S. The lowest BCUT2D eigenvalue weighted by Crippen LogP contribution is -2.40. The van der Waals surface area contributed by atoms with Crippen molar-refractivity contribution in [3.05, 3.63) is 64.4 Å². The van der Waals surface area contributed by atoms with E-state index in [1.54, 1.807) is 12.1 Å². The molecule has 7 heteroatoms. The van der Waals surface area contributed by atoms with E-state index in [1.807, 2.05) is 18.2 Å². The molecule has 0 bridgehead atoms. The molecule has 0 unspecified atom stereocenters. The zero-order valence-corrected chi connectivity index (χ0v) is 15.8. The lowest BCUT2D eigenvalue weighted by atomic mass is 9.90. The van der Waals surface area contributed by atoms with E-state index >= 15 is 0 Å². The maximum absolute atomic E-state index is 14.0. The van der Waals surface area contributed by atoms with Crippen molar-refractivity contribution in [1.82, 2.24) is 4.31 Å². The lowest BCUT2D eigenvalue weighted by Gasteiger charge is -2.30. The molecule has 3 rings (SSSR count). The van der Waals surface area contributed by atoms with Gasteiger partial charge in [-0.3, -0.25) is 4.79 Å². The van der Waals surface area contributed by atoms with E-state index in [2.05, 4.69) is 15.9 Å². The zero-order valence-electron chi connectivity index (χ0n) is 13.4. The number of halogens is 2. The first-order valence-electron chi connectivity index (χ1n) is 7.94.